The van der Waals surface area contributed by atoms with Crippen LogP contribution < -0.4 is 20.9 Å². The van der Waals surface area contributed by atoms with Gasteiger partial charge in [0.05, 0.1) is 16.8 Å². The Balaban J connectivity index is 1.75. The van der Waals surface area contributed by atoms with E-state index in [1.54, 1.807) is 30.3 Å². The summed E-state index contributed by atoms with van der Waals surface area (Å²) in [6.07, 6.45) is 0.735. The highest BCUT2D eigenvalue weighted by Gasteiger charge is 2.04. The van der Waals surface area contributed by atoms with Crippen molar-refractivity contribution in [2.24, 2.45) is 11.5 Å². The summed E-state index contributed by atoms with van der Waals surface area (Å²) in [6.45, 7) is 1.06. The van der Waals surface area contributed by atoms with Gasteiger partial charge in [-0.05, 0) is 65.1 Å². The fourth-order valence-electron chi connectivity index (χ4n) is 1.95. The molecule has 2 aromatic rings. The topological polar surface area (TPSA) is 118 Å². The van der Waals surface area contributed by atoms with Crippen molar-refractivity contribution in [1.82, 2.24) is 0 Å². The zero-order valence-corrected chi connectivity index (χ0v) is 15.2. The van der Waals surface area contributed by atoms with Gasteiger partial charge in [0.1, 0.15) is 23.2 Å². The molecule has 0 aromatic heterocycles. The third-order valence-electron chi connectivity index (χ3n) is 3.22. The lowest BCUT2D eigenvalue weighted by Crippen LogP contribution is -2.11. The monoisotopic (exact) mass is 438 g/mol. The van der Waals surface area contributed by atoms with Crippen LogP contribution in [-0.4, -0.2) is 24.9 Å². The minimum absolute atomic E-state index is 0.0420. The quantitative estimate of drug-likeness (QED) is 0.219. The normalized spacial score (nSPS) is 10.2. The number of benzene rings is 2. The molecule has 0 aliphatic rings. The molecule has 126 valence electrons. The molecule has 0 heterocycles. The first-order chi connectivity index (χ1) is 11.5. The summed E-state index contributed by atoms with van der Waals surface area (Å²) in [5, 5.41) is 14.7. The van der Waals surface area contributed by atoms with Crippen LogP contribution in [0.5, 0.6) is 11.5 Å². The first-order valence-electron chi connectivity index (χ1n) is 7.31. The van der Waals surface area contributed by atoms with Gasteiger partial charge in [0, 0.05) is 17.5 Å². The maximum Gasteiger partial charge on any atom is 0.132 e. The third kappa shape index (κ3) is 5.12. The third-order valence-corrected chi connectivity index (χ3v) is 4.07. The molecule has 0 unspecified atom stereocenters. The SMILES string of the molecule is N=C(N)c1ccc(OCCCOc2ccc(C(=N)N)cc2I)cc1. The summed E-state index contributed by atoms with van der Waals surface area (Å²) in [6, 6.07) is 12.5. The van der Waals surface area contributed by atoms with Gasteiger partial charge in [-0.15, -0.1) is 0 Å². The summed E-state index contributed by atoms with van der Waals surface area (Å²) in [5.74, 6) is 1.59. The number of nitrogen functional groups attached to an aromatic ring is 2. The van der Waals surface area contributed by atoms with E-state index in [9.17, 15) is 0 Å². The van der Waals surface area contributed by atoms with Crippen molar-refractivity contribution in [3.8, 4) is 11.5 Å². The fraction of sp³-hybridized carbons (Fsp3) is 0.176. The molecule has 0 radical (unpaired) electrons. The fourth-order valence-corrected chi connectivity index (χ4v) is 2.62. The van der Waals surface area contributed by atoms with E-state index in [2.05, 4.69) is 22.6 Å². The van der Waals surface area contributed by atoms with E-state index in [1.165, 1.54) is 0 Å². The van der Waals surface area contributed by atoms with Crippen molar-refractivity contribution in [3.63, 3.8) is 0 Å². The number of halogens is 1. The Kier molecular flexibility index (Phi) is 6.42. The van der Waals surface area contributed by atoms with E-state index in [0.717, 1.165) is 21.5 Å². The molecule has 0 saturated carbocycles. The minimum atomic E-state index is 0.0420. The Hall–Kier alpha value is -2.29. The van der Waals surface area contributed by atoms with E-state index < -0.39 is 0 Å². The molecule has 0 aliphatic carbocycles. The standard InChI is InChI=1S/C17H19IN4O2/c18-14-10-12(17(21)22)4-7-15(14)24-9-1-8-23-13-5-2-11(3-6-13)16(19)20/h2-7,10H,1,8-9H2,(H3,19,20)(H3,21,22). The van der Waals surface area contributed by atoms with Crippen LogP contribution in [0.15, 0.2) is 42.5 Å². The second kappa shape index (κ2) is 8.53. The molecule has 6 N–H and O–H groups in total. The van der Waals surface area contributed by atoms with Crippen LogP contribution in [0, 0.1) is 14.4 Å². The number of nitrogens with one attached hydrogen (secondary N) is 2. The highest BCUT2D eigenvalue weighted by atomic mass is 127. The average molecular weight is 438 g/mol. The lowest BCUT2D eigenvalue weighted by molar-refractivity contribution is 0.246. The summed E-state index contributed by atoms with van der Waals surface area (Å²) < 4.78 is 12.3. The summed E-state index contributed by atoms with van der Waals surface area (Å²) in [7, 11) is 0. The van der Waals surface area contributed by atoms with E-state index in [4.69, 9.17) is 31.8 Å². The first kappa shape index (κ1) is 18.1. The van der Waals surface area contributed by atoms with Gasteiger partial charge in [-0.1, -0.05) is 0 Å². The molecular weight excluding hydrogens is 419 g/mol. The highest BCUT2D eigenvalue weighted by molar-refractivity contribution is 14.1. The molecule has 0 aliphatic heterocycles. The molecule has 24 heavy (non-hydrogen) atoms. The molecule has 0 fully saturated rings. The molecule has 0 saturated heterocycles. The van der Waals surface area contributed by atoms with Gasteiger partial charge < -0.3 is 20.9 Å². The van der Waals surface area contributed by atoms with Crippen LogP contribution >= 0.6 is 22.6 Å². The summed E-state index contributed by atoms with van der Waals surface area (Å²) in [5.41, 5.74) is 12.2. The van der Waals surface area contributed by atoms with Crippen LogP contribution in [0.1, 0.15) is 17.5 Å². The second-order valence-corrected chi connectivity index (χ2v) is 6.21. The van der Waals surface area contributed by atoms with Gasteiger partial charge in [-0.2, -0.15) is 0 Å². The van der Waals surface area contributed by atoms with Crippen LogP contribution in [0.3, 0.4) is 0 Å². The van der Waals surface area contributed by atoms with Crippen LogP contribution in [-0.2, 0) is 0 Å². The lowest BCUT2D eigenvalue weighted by atomic mass is 10.2. The Labute approximate surface area is 154 Å². The van der Waals surface area contributed by atoms with Gasteiger partial charge >= 0.3 is 0 Å². The molecule has 0 atom stereocenters. The maximum atomic E-state index is 7.41. The smallest absolute Gasteiger partial charge is 0.132 e. The van der Waals surface area contributed by atoms with Crippen LogP contribution in [0.2, 0.25) is 0 Å². The molecule has 2 rings (SSSR count). The van der Waals surface area contributed by atoms with Crippen LogP contribution in [0.25, 0.3) is 0 Å². The van der Waals surface area contributed by atoms with Crippen molar-refractivity contribution >= 4 is 34.3 Å². The molecule has 7 heteroatoms. The molecule has 0 spiro atoms. The first-order valence-corrected chi connectivity index (χ1v) is 8.39. The van der Waals surface area contributed by atoms with Gasteiger partial charge in [-0.3, -0.25) is 10.8 Å². The van der Waals surface area contributed by atoms with E-state index >= 15 is 0 Å². The lowest BCUT2D eigenvalue weighted by Gasteiger charge is -2.10. The van der Waals surface area contributed by atoms with Crippen molar-refractivity contribution < 1.29 is 9.47 Å². The zero-order chi connectivity index (χ0) is 17.5. The van der Waals surface area contributed by atoms with Crippen LogP contribution in [0.4, 0.5) is 0 Å². The second-order valence-electron chi connectivity index (χ2n) is 5.05. The number of amidine groups is 2. The number of ether oxygens (including phenoxy) is 2. The van der Waals surface area contributed by atoms with Gasteiger partial charge in [0.15, 0.2) is 0 Å². The van der Waals surface area contributed by atoms with E-state index in [-0.39, 0.29) is 11.7 Å². The Morgan fingerprint density at radius 1 is 0.875 bits per heavy atom. The van der Waals surface area contributed by atoms with Crippen molar-refractivity contribution in [2.75, 3.05) is 13.2 Å². The number of hydrogen-bond acceptors (Lipinski definition) is 4. The summed E-state index contributed by atoms with van der Waals surface area (Å²) >= 11 is 2.16. The molecule has 6 nitrogen and oxygen atoms in total. The van der Waals surface area contributed by atoms with Gasteiger partial charge in [0.25, 0.3) is 0 Å². The predicted octanol–water partition coefficient (Wildman–Crippen LogP) is 2.71. The predicted molar refractivity (Wildman–Crippen MR) is 103 cm³/mol. The van der Waals surface area contributed by atoms with Gasteiger partial charge in [-0.25, -0.2) is 0 Å². The van der Waals surface area contributed by atoms with Crippen molar-refractivity contribution in [2.45, 2.75) is 6.42 Å². The molecule has 2 aromatic carbocycles. The Morgan fingerprint density at radius 3 is 2.04 bits per heavy atom. The number of nitrogens with two attached hydrogens (primary N) is 2. The van der Waals surface area contributed by atoms with Gasteiger partial charge in [0.2, 0.25) is 0 Å². The summed E-state index contributed by atoms with van der Waals surface area (Å²) in [4.78, 5) is 0. The highest BCUT2D eigenvalue weighted by Crippen LogP contribution is 2.22. The molecular formula is C17H19IN4O2. The largest absolute Gasteiger partial charge is 0.493 e. The zero-order valence-electron chi connectivity index (χ0n) is 13.0. The maximum absolute atomic E-state index is 7.41. The number of hydrogen-bond donors (Lipinski definition) is 4. The Morgan fingerprint density at radius 2 is 1.46 bits per heavy atom. The number of rotatable bonds is 8. The minimum Gasteiger partial charge on any atom is -0.493 e. The molecule has 0 bridgehead atoms. The van der Waals surface area contributed by atoms with E-state index in [1.807, 2.05) is 12.1 Å². The van der Waals surface area contributed by atoms with Crippen molar-refractivity contribution in [3.05, 3.63) is 57.2 Å². The average Bonchev–Trinajstić information content (AvgIpc) is 2.56. The Bertz CT molecular complexity index is 732. The molecule has 0 amide bonds. The van der Waals surface area contributed by atoms with Crippen molar-refractivity contribution in [1.29, 1.82) is 10.8 Å². The van der Waals surface area contributed by atoms with E-state index in [0.29, 0.717) is 24.3 Å².